The normalized spacial score (nSPS) is 9.07. The minimum Gasteiger partial charge on any atom is -0.363 e. The zero-order valence-electron chi connectivity index (χ0n) is 8.81. The zero-order chi connectivity index (χ0) is 10.0. The third-order valence-electron chi connectivity index (χ3n) is 1.70. The molecule has 5 nitrogen and oxygen atoms in total. The van der Waals surface area contributed by atoms with Gasteiger partial charge in [0.15, 0.2) is 0 Å². The van der Waals surface area contributed by atoms with E-state index < -0.39 is 4.92 Å². The molecule has 0 aliphatic carbocycles. The Labute approximate surface area is 125 Å². The summed E-state index contributed by atoms with van der Waals surface area (Å²) in [5, 5.41) is 10.5. The number of aryl methyl sites for hydroxylation is 1. The van der Waals surface area contributed by atoms with Crippen molar-refractivity contribution in [2.75, 3.05) is 19.0 Å². The maximum Gasteiger partial charge on any atom is 0.290 e. The molecule has 0 saturated heterocycles. The van der Waals surface area contributed by atoms with Gasteiger partial charge in [0, 0.05) is 71.5 Å². The Bertz CT molecular complexity index is 341. The van der Waals surface area contributed by atoms with Crippen LogP contribution >= 0.6 is 0 Å². The van der Waals surface area contributed by atoms with Crippen LogP contribution in [0.25, 0.3) is 0 Å². The molecule has 1 rings (SSSR count). The number of anilines is 1. The number of rotatable bonds is 2. The minimum absolute atomic E-state index is 0. The van der Waals surface area contributed by atoms with Crippen molar-refractivity contribution in [2.45, 2.75) is 6.92 Å². The molecule has 1 heterocycles. The molecule has 1 aromatic heterocycles. The molecular weight excluding hydrogens is 209 g/mol. The second kappa shape index (κ2) is 5.77. The van der Waals surface area contributed by atoms with E-state index in [4.69, 9.17) is 0 Å². The molecular formula is C8H11KN3O2. The van der Waals surface area contributed by atoms with Crippen LogP contribution < -0.4 is 4.90 Å². The van der Waals surface area contributed by atoms with Gasteiger partial charge >= 0.3 is 0 Å². The molecule has 1 radical (unpaired) electrons. The van der Waals surface area contributed by atoms with Crippen LogP contribution in [0.1, 0.15) is 5.69 Å². The topological polar surface area (TPSA) is 59.3 Å². The van der Waals surface area contributed by atoms with Crippen LogP contribution in [0.3, 0.4) is 0 Å². The number of pyridine rings is 1. The summed E-state index contributed by atoms with van der Waals surface area (Å²) < 4.78 is 0. The second-order valence-corrected chi connectivity index (χ2v) is 2.93. The van der Waals surface area contributed by atoms with Gasteiger partial charge in [-0.15, -0.1) is 0 Å². The summed E-state index contributed by atoms with van der Waals surface area (Å²) in [5.41, 5.74) is 0.502. The molecule has 0 spiro atoms. The first-order valence-corrected chi connectivity index (χ1v) is 3.81. The van der Waals surface area contributed by atoms with Gasteiger partial charge in [-0.3, -0.25) is 10.1 Å². The van der Waals surface area contributed by atoms with E-state index in [1.807, 2.05) is 14.1 Å². The van der Waals surface area contributed by atoms with Crippen LogP contribution in [0.5, 0.6) is 0 Å². The van der Waals surface area contributed by atoms with Gasteiger partial charge in [-0.2, -0.15) is 0 Å². The van der Waals surface area contributed by atoms with E-state index in [1.165, 1.54) is 6.07 Å². The third-order valence-corrected chi connectivity index (χ3v) is 1.70. The molecule has 0 N–H and O–H groups in total. The Hall–Kier alpha value is -0.0136. The van der Waals surface area contributed by atoms with Gasteiger partial charge in [0.2, 0.25) is 0 Å². The minimum atomic E-state index is -0.429. The van der Waals surface area contributed by atoms with Crippen molar-refractivity contribution in [3.63, 3.8) is 0 Å². The van der Waals surface area contributed by atoms with Crippen molar-refractivity contribution in [3.8, 4) is 0 Å². The maximum atomic E-state index is 10.5. The molecule has 0 aliphatic heterocycles. The van der Waals surface area contributed by atoms with E-state index in [2.05, 4.69) is 4.98 Å². The first-order chi connectivity index (χ1) is 6.02. The monoisotopic (exact) mass is 220 g/mol. The summed E-state index contributed by atoms with van der Waals surface area (Å²) in [7, 11) is 3.68. The first-order valence-electron chi connectivity index (χ1n) is 3.81. The predicted molar refractivity (Wildman–Crippen MR) is 55.7 cm³/mol. The summed E-state index contributed by atoms with van der Waals surface area (Å²) in [5.74, 6) is 0.725. The van der Waals surface area contributed by atoms with Crippen LogP contribution in [0.2, 0.25) is 0 Å². The van der Waals surface area contributed by atoms with Crippen molar-refractivity contribution in [1.82, 2.24) is 4.98 Å². The van der Waals surface area contributed by atoms with E-state index in [1.54, 1.807) is 17.9 Å². The van der Waals surface area contributed by atoms with Gasteiger partial charge in [-0.25, -0.2) is 4.98 Å². The molecule has 6 heteroatoms. The third kappa shape index (κ3) is 3.28. The summed E-state index contributed by atoms with van der Waals surface area (Å²) in [6.07, 6.45) is 0. The molecule has 1 aromatic rings. The number of hydrogen-bond acceptors (Lipinski definition) is 4. The molecule has 0 aliphatic rings. The fourth-order valence-electron chi connectivity index (χ4n) is 0.982. The largest absolute Gasteiger partial charge is 0.363 e. The molecule has 71 valence electrons. The Morgan fingerprint density at radius 1 is 1.43 bits per heavy atom. The fourth-order valence-corrected chi connectivity index (χ4v) is 0.982. The van der Waals surface area contributed by atoms with E-state index in [9.17, 15) is 10.1 Å². The number of aromatic nitrogens is 1. The van der Waals surface area contributed by atoms with Crippen LogP contribution in [-0.2, 0) is 0 Å². The SMILES string of the molecule is Cc1nc(N(C)C)ccc1[N+](=O)[O-].[K]. The standard InChI is InChI=1S/C8H11N3O2.K/c1-6-7(11(12)13)4-5-8(9-6)10(2)3;/h4-5H,1-3H3;. The Morgan fingerprint density at radius 3 is 2.36 bits per heavy atom. The number of hydrogen-bond donors (Lipinski definition) is 0. The van der Waals surface area contributed by atoms with Crippen LogP contribution in [0.4, 0.5) is 11.5 Å². The Balaban J connectivity index is 0.00000169. The molecule has 0 amide bonds. The van der Waals surface area contributed by atoms with Gasteiger partial charge in [0.25, 0.3) is 5.69 Å². The average molecular weight is 220 g/mol. The van der Waals surface area contributed by atoms with E-state index in [-0.39, 0.29) is 57.1 Å². The molecule has 0 aromatic carbocycles. The molecule has 0 fully saturated rings. The van der Waals surface area contributed by atoms with Gasteiger partial charge in [0.1, 0.15) is 11.5 Å². The fraction of sp³-hybridized carbons (Fsp3) is 0.375. The predicted octanol–water partition coefficient (Wildman–Crippen LogP) is 0.983. The Kier molecular flexibility index (Phi) is 5.76. The smallest absolute Gasteiger partial charge is 0.290 e. The van der Waals surface area contributed by atoms with Crippen LogP contribution in [0, 0.1) is 17.0 Å². The van der Waals surface area contributed by atoms with Crippen molar-refractivity contribution >= 4 is 62.9 Å². The van der Waals surface area contributed by atoms with Gasteiger partial charge in [-0.05, 0) is 13.0 Å². The molecule has 14 heavy (non-hydrogen) atoms. The van der Waals surface area contributed by atoms with E-state index in [0.717, 1.165) is 5.82 Å². The number of nitro groups is 1. The average Bonchev–Trinajstić information content (AvgIpc) is 2.03. The van der Waals surface area contributed by atoms with Crippen LogP contribution in [-0.4, -0.2) is 75.4 Å². The van der Waals surface area contributed by atoms with Crippen molar-refractivity contribution in [1.29, 1.82) is 0 Å². The molecule has 0 saturated carbocycles. The van der Waals surface area contributed by atoms with Crippen molar-refractivity contribution in [3.05, 3.63) is 27.9 Å². The van der Waals surface area contributed by atoms with Gasteiger partial charge in [0.05, 0.1) is 4.92 Å². The van der Waals surface area contributed by atoms with Gasteiger partial charge in [-0.1, -0.05) is 0 Å². The molecule has 0 bridgehead atoms. The summed E-state index contributed by atoms with van der Waals surface area (Å²) >= 11 is 0. The first kappa shape index (κ1) is 14.0. The summed E-state index contributed by atoms with van der Waals surface area (Å²) in [6.45, 7) is 1.63. The van der Waals surface area contributed by atoms with E-state index >= 15 is 0 Å². The van der Waals surface area contributed by atoms with Crippen LogP contribution in [0.15, 0.2) is 12.1 Å². The van der Waals surface area contributed by atoms with E-state index in [0.29, 0.717) is 5.69 Å². The summed E-state index contributed by atoms with van der Waals surface area (Å²) in [4.78, 5) is 15.9. The van der Waals surface area contributed by atoms with Gasteiger partial charge < -0.3 is 4.90 Å². The van der Waals surface area contributed by atoms with Crippen molar-refractivity contribution < 1.29 is 4.92 Å². The Morgan fingerprint density at radius 2 is 2.00 bits per heavy atom. The molecule has 0 atom stereocenters. The van der Waals surface area contributed by atoms with Crippen molar-refractivity contribution in [2.24, 2.45) is 0 Å². The molecule has 0 unspecified atom stereocenters. The zero-order valence-corrected chi connectivity index (χ0v) is 11.9. The number of nitrogens with zero attached hydrogens (tertiary/aromatic N) is 3. The summed E-state index contributed by atoms with van der Waals surface area (Å²) in [6, 6.07) is 3.10. The second-order valence-electron chi connectivity index (χ2n) is 2.93. The maximum absolute atomic E-state index is 10.5. The quantitative estimate of drug-likeness (QED) is 0.423.